The molecule has 0 saturated heterocycles. The van der Waals surface area contributed by atoms with Crippen LogP contribution in [-0.4, -0.2) is 11.7 Å². The van der Waals surface area contributed by atoms with Crippen LogP contribution < -0.4 is 5.43 Å². The van der Waals surface area contributed by atoms with Crippen molar-refractivity contribution in [1.82, 2.24) is 5.43 Å². The van der Waals surface area contributed by atoms with Crippen molar-refractivity contribution >= 4 is 23.3 Å². The highest BCUT2D eigenvalue weighted by Crippen LogP contribution is 2.27. The van der Waals surface area contributed by atoms with Crippen molar-refractivity contribution in [3.63, 3.8) is 0 Å². The van der Waals surface area contributed by atoms with E-state index in [1.165, 1.54) is 0 Å². The third-order valence-corrected chi connectivity index (χ3v) is 5.40. The average molecular weight is 501 g/mol. The molecule has 1 aromatic carbocycles. The fraction of sp³-hybridized carbons (Fsp3) is 0.467. The Labute approximate surface area is 218 Å². The zero-order chi connectivity index (χ0) is 26.6. The van der Waals surface area contributed by atoms with E-state index in [9.17, 15) is 4.79 Å². The zero-order valence-electron chi connectivity index (χ0n) is 23.0. The van der Waals surface area contributed by atoms with Gasteiger partial charge in [0.15, 0.2) is 0 Å². The van der Waals surface area contributed by atoms with Crippen molar-refractivity contribution in [2.24, 2.45) is 5.10 Å². The highest BCUT2D eigenvalue weighted by molar-refractivity contribution is 6.31. The number of hydrazone groups is 1. The summed E-state index contributed by atoms with van der Waals surface area (Å²) in [5, 5.41) is 5.10. The summed E-state index contributed by atoms with van der Waals surface area (Å²) in [5.74, 6) is -0.122. The number of nitrogens with zero attached hydrogens (tertiary/aromatic N) is 1. The second kappa shape index (κ2) is 19.7. The molecule has 0 spiro atoms. The van der Waals surface area contributed by atoms with E-state index in [-0.39, 0.29) is 12.1 Å². The summed E-state index contributed by atoms with van der Waals surface area (Å²) in [6.45, 7) is 16.2. The Hall–Kier alpha value is -2.59. The van der Waals surface area contributed by atoms with E-state index in [0.29, 0.717) is 6.42 Å². The maximum Gasteiger partial charge on any atom is 0.306 e. The van der Waals surface area contributed by atoms with Crippen LogP contribution in [0.3, 0.4) is 0 Å². The molecule has 0 aromatic heterocycles. The number of hydrogen-bond donors (Lipinski definition) is 1. The van der Waals surface area contributed by atoms with Gasteiger partial charge in [0.2, 0.25) is 0 Å². The molecule has 1 unspecified atom stereocenters. The lowest BCUT2D eigenvalue weighted by molar-refractivity contribution is -0.149. The van der Waals surface area contributed by atoms with Gasteiger partial charge in [-0.3, -0.25) is 10.2 Å². The minimum absolute atomic E-state index is 0.122. The molecule has 0 saturated carbocycles. The molecular weight excluding hydrogens is 456 g/mol. The SMILES string of the molecule is CC=C/C=C(\C=C/C)C(/C)=N/N/C(C)=C\CC.CCCC(=O)OC(CCC)c1ccc(Cl)c(C)c1. The Bertz CT molecular complexity index is 911. The van der Waals surface area contributed by atoms with Crippen LogP contribution in [0.4, 0.5) is 0 Å². The highest BCUT2D eigenvalue weighted by Gasteiger charge is 2.16. The molecule has 0 fully saturated rings. The number of allylic oxidation sites excluding steroid dienone is 8. The van der Waals surface area contributed by atoms with Gasteiger partial charge in [0, 0.05) is 17.1 Å². The molecule has 0 amide bonds. The minimum atomic E-state index is -0.148. The first kappa shape index (κ1) is 32.4. The molecule has 35 heavy (non-hydrogen) atoms. The van der Waals surface area contributed by atoms with Crippen molar-refractivity contribution < 1.29 is 9.53 Å². The molecule has 1 aromatic rings. The normalized spacial score (nSPS) is 13.6. The molecule has 4 nitrogen and oxygen atoms in total. The number of aryl methyl sites for hydroxylation is 1. The number of hydrogen-bond acceptors (Lipinski definition) is 4. The van der Waals surface area contributed by atoms with E-state index < -0.39 is 0 Å². The molecule has 194 valence electrons. The number of benzene rings is 1. The van der Waals surface area contributed by atoms with Gasteiger partial charge in [-0.15, -0.1) is 0 Å². The molecular formula is C30H45ClN2O2. The molecule has 0 aliphatic carbocycles. The Kier molecular flexibility index (Phi) is 18.2. The van der Waals surface area contributed by atoms with Gasteiger partial charge < -0.3 is 4.74 Å². The topological polar surface area (TPSA) is 50.7 Å². The fourth-order valence-corrected chi connectivity index (χ4v) is 3.23. The van der Waals surface area contributed by atoms with E-state index >= 15 is 0 Å². The Morgan fingerprint density at radius 2 is 1.86 bits per heavy atom. The van der Waals surface area contributed by atoms with Gasteiger partial charge in [0.05, 0.1) is 5.71 Å². The van der Waals surface area contributed by atoms with Crippen LogP contribution in [0.2, 0.25) is 5.02 Å². The molecule has 0 heterocycles. The molecule has 0 aliphatic rings. The average Bonchev–Trinajstić information content (AvgIpc) is 2.82. The largest absolute Gasteiger partial charge is 0.457 e. The summed E-state index contributed by atoms with van der Waals surface area (Å²) in [4.78, 5) is 11.6. The quantitative estimate of drug-likeness (QED) is 0.135. The predicted molar refractivity (Wildman–Crippen MR) is 153 cm³/mol. The van der Waals surface area contributed by atoms with Crippen LogP contribution in [0.1, 0.15) is 97.8 Å². The summed E-state index contributed by atoms with van der Waals surface area (Å²) in [6.07, 6.45) is 16.2. The summed E-state index contributed by atoms with van der Waals surface area (Å²) in [6, 6.07) is 5.80. The summed E-state index contributed by atoms with van der Waals surface area (Å²) < 4.78 is 5.53. The number of ether oxygens (including phenoxy) is 1. The van der Waals surface area contributed by atoms with Gasteiger partial charge in [0.25, 0.3) is 0 Å². The standard InChI is InChI=1S/C15H21ClO2.C15H24N2/c1-4-6-14(18-15(17)7-5-2)12-8-9-13(16)11(3)10-12;1-6-9-12-15(11-8-3)14(5)17-16-13(4)10-7-2/h8-10,14H,4-7H2,1-3H3;6,8-12,16H,7H2,1-5H3/b;9-6?,11-8-,13-10-,15-12+,17-14+. The molecule has 1 atom stereocenters. The minimum Gasteiger partial charge on any atom is -0.457 e. The number of halogens is 1. The zero-order valence-corrected chi connectivity index (χ0v) is 23.7. The maximum atomic E-state index is 11.6. The lowest BCUT2D eigenvalue weighted by Gasteiger charge is -2.18. The second-order valence-corrected chi connectivity index (χ2v) is 8.69. The molecule has 1 N–H and O–H groups in total. The van der Waals surface area contributed by atoms with Crippen LogP contribution in [0.15, 0.2) is 71.0 Å². The Morgan fingerprint density at radius 3 is 2.40 bits per heavy atom. The molecule has 0 bridgehead atoms. The van der Waals surface area contributed by atoms with Crippen molar-refractivity contribution in [3.05, 3.63) is 82.1 Å². The number of nitrogens with one attached hydrogen (secondary N) is 1. The lowest BCUT2D eigenvalue weighted by Crippen LogP contribution is -2.11. The van der Waals surface area contributed by atoms with Crippen molar-refractivity contribution in [2.45, 2.75) is 93.6 Å². The van der Waals surface area contributed by atoms with Crippen molar-refractivity contribution in [3.8, 4) is 0 Å². The summed E-state index contributed by atoms with van der Waals surface area (Å²) in [5.41, 5.74) is 8.27. The first-order valence-electron chi connectivity index (χ1n) is 12.6. The first-order chi connectivity index (χ1) is 16.7. The van der Waals surface area contributed by atoms with Gasteiger partial charge in [-0.25, -0.2) is 0 Å². The van der Waals surface area contributed by atoms with Crippen LogP contribution in [0, 0.1) is 6.92 Å². The van der Waals surface area contributed by atoms with E-state index in [1.807, 2.05) is 78.0 Å². The highest BCUT2D eigenvalue weighted by atomic mass is 35.5. The third kappa shape index (κ3) is 14.4. The van der Waals surface area contributed by atoms with Gasteiger partial charge in [0.1, 0.15) is 6.10 Å². The van der Waals surface area contributed by atoms with Crippen LogP contribution in [0.5, 0.6) is 0 Å². The summed E-state index contributed by atoms with van der Waals surface area (Å²) in [7, 11) is 0. The number of carbonyl (C=O) groups excluding carboxylic acids is 1. The molecule has 0 radical (unpaired) electrons. The number of carbonyl (C=O) groups is 1. The van der Waals surface area contributed by atoms with E-state index in [1.54, 1.807) is 0 Å². The molecule has 1 rings (SSSR count). The van der Waals surface area contributed by atoms with Crippen molar-refractivity contribution in [2.75, 3.05) is 0 Å². The smallest absolute Gasteiger partial charge is 0.306 e. The lowest BCUT2D eigenvalue weighted by atomic mass is 10.0. The Morgan fingerprint density at radius 1 is 1.14 bits per heavy atom. The Balaban J connectivity index is 0.000000662. The van der Waals surface area contributed by atoms with Gasteiger partial charge >= 0.3 is 5.97 Å². The number of rotatable bonds is 12. The van der Waals surface area contributed by atoms with E-state index in [0.717, 1.165) is 58.8 Å². The number of esters is 1. The monoisotopic (exact) mass is 500 g/mol. The van der Waals surface area contributed by atoms with E-state index in [4.69, 9.17) is 16.3 Å². The van der Waals surface area contributed by atoms with Crippen LogP contribution in [0.25, 0.3) is 0 Å². The van der Waals surface area contributed by atoms with E-state index in [2.05, 4.69) is 42.6 Å². The van der Waals surface area contributed by atoms with Crippen molar-refractivity contribution in [1.29, 1.82) is 0 Å². The van der Waals surface area contributed by atoms with Crippen LogP contribution in [-0.2, 0) is 9.53 Å². The second-order valence-electron chi connectivity index (χ2n) is 8.28. The maximum absolute atomic E-state index is 11.6. The fourth-order valence-electron chi connectivity index (χ4n) is 3.11. The van der Waals surface area contributed by atoms with Crippen LogP contribution >= 0.6 is 11.6 Å². The summed E-state index contributed by atoms with van der Waals surface area (Å²) >= 11 is 6.01. The first-order valence-corrected chi connectivity index (χ1v) is 13.0. The van der Waals surface area contributed by atoms with Gasteiger partial charge in [-0.2, -0.15) is 5.10 Å². The van der Waals surface area contributed by atoms with Gasteiger partial charge in [-0.05, 0) is 76.6 Å². The molecule has 0 aliphatic heterocycles. The molecule has 5 heteroatoms. The predicted octanol–water partition coefficient (Wildman–Crippen LogP) is 9.18. The van der Waals surface area contributed by atoms with Gasteiger partial charge in [-0.1, -0.05) is 87.4 Å². The third-order valence-electron chi connectivity index (χ3n) is 4.97.